The Labute approximate surface area is 104 Å². The zero-order valence-electron chi connectivity index (χ0n) is 10.1. The van der Waals surface area contributed by atoms with Crippen LogP contribution in [-0.2, 0) is 4.84 Å². The summed E-state index contributed by atoms with van der Waals surface area (Å²) in [5.74, 6) is 0.327. The number of hydrogen-bond acceptors (Lipinski definition) is 3. The maximum absolute atomic E-state index is 13.1. The molecule has 3 N–H and O–H groups in total. The lowest BCUT2D eigenvalue weighted by Gasteiger charge is -2.08. The molecule has 0 aromatic heterocycles. The number of urea groups is 1. The Kier molecular flexibility index (Phi) is 3.47. The number of amides is 2. The van der Waals surface area contributed by atoms with Gasteiger partial charge in [0.1, 0.15) is 11.6 Å². The zero-order valence-corrected chi connectivity index (χ0v) is 10.1. The number of anilines is 1. The van der Waals surface area contributed by atoms with E-state index in [1.807, 2.05) is 0 Å². The fraction of sp³-hybridized carbons (Fsp3) is 0.250. The molecule has 0 aliphatic carbocycles. The van der Waals surface area contributed by atoms with Gasteiger partial charge in [-0.1, -0.05) is 0 Å². The van der Waals surface area contributed by atoms with Gasteiger partial charge in [0.2, 0.25) is 0 Å². The molecular formula is C12H14FN3O2. The Morgan fingerprint density at radius 2 is 2.17 bits per heavy atom. The van der Waals surface area contributed by atoms with Gasteiger partial charge in [0.05, 0.1) is 12.2 Å². The molecule has 0 fully saturated rings. The summed E-state index contributed by atoms with van der Waals surface area (Å²) in [4.78, 5) is 16.7. The van der Waals surface area contributed by atoms with E-state index in [0.717, 1.165) is 0 Å². The van der Waals surface area contributed by atoms with Crippen molar-refractivity contribution in [2.45, 2.75) is 13.8 Å². The molecule has 1 aliphatic rings. The number of hydroxylamine groups is 1. The molecule has 1 aliphatic heterocycles. The van der Waals surface area contributed by atoms with Crippen LogP contribution in [0.1, 0.15) is 12.5 Å². The monoisotopic (exact) mass is 251 g/mol. The van der Waals surface area contributed by atoms with Crippen LogP contribution in [0.25, 0.3) is 0 Å². The first kappa shape index (κ1) is 12.4. The maximum Gasteiger partial charge on any atom is 0.323 e. The van der Waals surface area contributed by atoms with E-state index < -0.39 is 0 Å². The normalized spacial score (nSPS) is 14.4. The molecule has 2 rings (SSSR count). The van der Waals surface area contributed by atoms with Gasteiger partial charge in [-0.3, -0.25) is 0 Å². The maximum atomic E-state index is 13.1. The average Bonchev–Trinajstić information content (AvgIpc) is 2.70. The van der Waals surface area contributed by atoms with E-state index in [-0.39, 0.29) is 11.8 Å². The van der Waals surface area contributed by atoms with Crippen molar-refractivity contribution in [3.63, 3.8) is 0 Å². The molecule has 0 saturated carbocycles. The summed E-state index contributed by atoms with van der Waals surface area (Å²) in [5, 5.41) is 5.28. The summed E-state index contributed by atoms with van der Waals surface area (Å²) >= 11 is 0. The number of carbonyl (C=O) groups is 1. The summed E-state index contributed by atoms with van der Waals surface area (Å²) in [6.07, 6.45) is 0. The summed E-state index contributed by atoms with van der Waals surface area (Å²) in [6, 6.07) is 4.00. The molecule has 0 radical (unpaired) electrons. The van der Waals surface area contributed by atoms with Gasteiger partial charge in [-0.25, -0.2) is 9.18 Å². The summed E-state index contributed by atoms with van der Waals surface area (Å²) < 4.78 is 13.1. The van der Waals surface area contributed by atoms with E-state index >= 15 is 0 Å². The standard InChI is InChI=1S/C12H14FN3O2/c1-7-5-9(3-4-10(7)13)15-12(17)16-11-6-14-18-8(11)2/h3-5,14H,6H2,1-2H3,(H2,15,16,17). The summed E-state index contributed by atoms with van der Waals surface area (Å²) in [5.41, 5.74) is 4.33. The lowest BCUT2D eigenvalue weighted by Crippen LogP contribution is -2.30. The molecule has 1 aromatic rings. The Morgan fingerprint density at radius 1 is 1.39 bits per heavy atom. The van der Waals surface area contributed by atoms with E-state index in [1.54, 1.807) is 19.9 Å². The predicted octanol–water partition coefficient (Wildman–Crippen LogP) is 2.02. The van der Waals surface area contributed by atoms with Gasteiger partial charge < -0.3 is 15.5 Å². The number of benzene rings is 1. The van der Waals surface area contributed by atoms with Crippen LogP contribution < -0.4 is 16.1 Å². The molecule has 18 heavy (non-hydrogen) atoms. The molecular weight excluding hydrogens is 237 g/mol. The van der Waals surface area contributed by atoms with Gasteiger partial charge in [-0.2, -0.15) is 5.48 Å². The second-order valence-electron chi connectivity index (χ2n) is 4.00. The molecule has 96 valence electrons. The highest BCUT2D eigenvalue weighted by atomic mass is 19.1. The van der Waals surface area contributed by atoms with Gasteiger partial charge in [-0.05, 0) is 37.6 Å². The molecule has 6 heteroatoms. The highest BCUT2D eigenvalue weighted by molar-refractivity contribution is 5.90. The predicted molar refractivity (Wildman–Crippen MR) is 65.1 cm³/mol. The summed E-state index contributed by atoms with van der Waals surface area (Å²) in [6.45, 7) is 3.83. The van der Waals surface area contributed by atoms with E-state index in [1.165, 1.54) is 12.1 Å². The molecule has 1 heterocycles. The minimum absolute atomic E-state index is 0.298. The van der Waals surface area contributed by atoms with E-state index in [2.05, 4.69) is 16.1 Å². The van der Waals surface area contributed by atoms with Crippen molar-refractivity contribution in [1.29, 1.82) is 0 Å². The largest absolute Gasteiger partial charge is 0.411 e. The van der Waals surface area contributed by atoms with Crippen molar-refractivity contribution in [1.82, 2.24) is 10.8 Å². The third-order valence-electron chi connectivity index (χ3n) is 2.58. The van der Waals surface area contributed by atoms with Crippen molar-refractivity contribution >= 4 is 11.7 Å². The fourth-order valence-corrected chi connectivity index (χ4v) is 1.56. The van der Waals surface area contributed by atoms with Gasteiger partial charge in [0, 0.05) is 5.69 Å². The van der Waals surface area contributed by atoms with Crippen molar-refractivity contribution in [2.75, 3.05) is 11.9 Å². The van der Waals surface area contributed by atoms with Gasteiger partial charge in [0.25, 0.3) is 0 Å². The van der Waals surface area contributed by atoms with Crippen LogP contribution in [0.15, 0.2) is 29.7 Å². The van der Waals surface area contributed by atoms with Crippen LogP contribution in [0.2, 0.25) is 0 Å². The Balaban J connectivity index is 1.99. The molecule has 0 atom stereocenters. The van der Waals surface area contributed by atoms with E-state index in [4.69, 9.17) is 4.84 Å². The number of aryl methyl sites for hydroxylation is 1. The molecule has 0 spiro atoms. The van der Waals surface area contributed by atoms with Crippen LogP contribution in [0, 0.1) is 12.7 Å². The Morgan fingerprint density at radius 3 is 2.78 bits per heavy atom. The van der Waals surface area contributed by atoms with Gasteiger partial charge in [0.15, 0.2) is 0 Å². The molecule has 1 aromatic carbocycles. The van der Waals surface area contributed by atoms with Crippen molar-refractivity contribution in [3.05, 3.63) is 41.0 Å². The molecule has 2 amide bonds. The first-order valence-corrected chi connectivity index (χ1v) is 5.50. The van der Waals surface area contributed by atoms with E-state index in [0.29, 0.717) is 29.3 Å². The fourth-order valence-electron chi connectivity index (χ4n) is 1.56. The molecule has 0 bridgehead atoms. The minimum atomic E-state index is -0.386. The third kappa shape index (κ3) is 2.78. The van der Waals surface area contributed by atoms with E-state index in [9.17, 15) is 9.18 Å². The topological polar surface area (TPSA) is 62.4 Å². The SMILES string of the molecule is CC1=C(NC(=O)Nc2ccc(F)c(C)c2)CNO1. The van der Waals surface area contributed by atoms with Crippen LogP contribution in [0.4, 0.5) is 14.9 Å². The number of hydrogen-bond donors (Lipinski definition) is 3. The number of nitrogens with one attached hydrogen (secondary N) is 3. The first-order chi connectivity index (χ1) is 8.56. The van der Waals surface area contributed by atoms with Crippen LogP contribution in [0.3, 0.4) is 0 Å². The molecule has 5 nitrogen and oxygen atoms in total. The van der Waals surface area contributed by atoms with Crippen molar-refractivity contribution < 1.29 is 14.0 Å². The smallest absolute Gasteiger partial charge is 0.323 e. The van der Waals surface area contributed by atoms with Crippen LogP contribution in [0.5, 0.6) is 0 Å². The lowest BCUT2D eigenvalue weighted by atomic mass is 10.2. The minimum Gasteiger partial charge on any atom is -0.411 e. The molecule has 0 saturated heterocycles. The molecule has 0 unspecified atom stereocenters. The highest BCUT2D eigenvalue weighted by Gasteiger charge is 2.14. The van der Waals surface area contributed by atoms with Crippen molar-refractivity contribution in [2.24, 2.45) is 0 Å². The van der Waals surface area contributed by atoms with Crippen molar-refractivity contribution in [3.8, 4) is 0 Å². The van der Waals surface area contributed by atoms with Gasteiger partial charge in [-0.15, -0.1) is 0 Å². The first-order valence-electron chi connectivity index (χ1n) is 5.50. The Hall–Kier alpha value is -2.08. The van der Waals surface area contributed by atoms with Crippen LogP contribution >= 0.6 is 0 Å². The number of allylic oxidation sites excluding steroid dienone is 1. The summed E-state index contributed by atoms with van der Waals surface area (Å²) in [7, 11) is 0. The average molecular weight is 251 g/mol. The Bertz CT molecular complexity index is 514. The quantitative estimate of drug-likeness (QED) is 0.753. The van der Waals surface area contributed by atoms with Gasteiger partial charge >= 0.3 is 6.03 Å². The second-order valence-corrected chi connectivity index (χ2v) is 4.00. The number of carbonyl (C=O) groups excluding carboxylic acids is 1. The lowest BCUT2D eigenvalue weighted by molar-refractivity contribution is 0.141. The van der Waals surface area contributed by atoms with Crippen LogP contribution in [-0.4, -0.2) is 12.6 Å². The number of halogens is 1. The second kappa shape index (κ2) is 5.05. The number of rotatable bonds is 2. The third-order valence-corrected chi connectivity index (χ3v) is 2.58. The zero-order chi connectivity index (χ0) is 13.1. The highest BCUT2D eigenvalue weighted by Crippen LogP contribution is 2.14.